The quantitative estimate of drug-likeness (QED) is 0.919. The van der Waals surface area contributed by atoms with Crippen LogP contribution in [0.5, 0.6) is 17.2 Å². The maximum Gasteiger partial charge on any atom is 0.135 e. The predicted molar refractivity (Wildman–Crippen MR) is 71.3 cm³/mol. The summed E-state index contributed by atoms with van der Waals surface area (Å²) in [5.41, 5.74) is 1.27. The molecule has 1 N–H and O–H groups in total. The van der Waals surface area contributed by atoms with Crippen molar-refractivity contribution in [2.45, 2.75) is 6.92 Å². The first-order chi connectivity index (χ1) is 9.06. The van der Waals surface area contributed by atoms with Crippen LogP contribution in [0.1, 0.15) is 5.56 Å². The van der Waals surface area contributed by atoms with Gasteiger partial charge in [-0.2, -0.15) is 0 Å². The van der Waals surface area contributed by atoms with Crippen LogP contribution in [0.25, 0.3) is 11.1 Å². The number of rotatable bonds is 3. The van der Waals surface area contributed by atoms with Gasteiger partial charge in [-0.05, 0) is 36.8 Å². The maximum atomic E-state index is 14.0. The molecule has 4 heteroatoms. The van der Waals surface area contributed by atoms with E-state index in [1.54, 1.807) is 32.2 Å². The van der Waals surface area contributed by atoms with Crippen molar-refractivity contribution in [2.75, 3.05) is 14.2 Å². The third-order valence-corrected chi connectivity index (χ3v) is 2.89. The van der Waals surface area contributed by atoms with Gasteiger partial charge >= 0.3 is 0 Å². The van der Waals surface area contributed by atoms with Crippen molar-refractivity contribution in [2.24, 2.45) is 0 Å². The second-order valence-electron chi connectivity index (χ2n) is 4.21. The average Bonchev–Trinajstić information content (AvgIpc) is 2.37. The Balaban J connectivity index is 2.65. The Morgan fingerprint density at radius 2 is 1.79 bits per heavy atom. The summed E-state index contributed by atoms with van der Waals surface area (Å²) in [6.07, 6.45) is 0. The first-order valence-corrected chi connectivity index (χ1v) is 5.78. The third kappa shape index (κ3) is 2.47. The summed E-state index contributed by atoms with van der Waals surface area (Å²) >= 11 is 0. The molecule has 2 rings (SSSR count). The Kier molecular flexibility index (Phi) is 3.60. The molecule has 0 amide bonds. The number of halogens is 1. The van der Waals surface area contributed by atoms with Gasteiger partial charge in [-0.15, -0.1) is 0 Å². The second-order valence-corrected chi connectivity index (χ2v) is 4.21. The highest BCUT2D eigenvalue weighted by atomic mass is 19.1. The van der Waals surface area contributed by atoms with Crippen molar-refractivity contribution in [3.63, 3.8) is 0 Å². The number of benzene rings is 2. The SMILES string of the molecule is COc1ccc(-c2c(O)cc(C)cc2F)c(OC)c1. The average molecular weight is 262 g/mol. The normalized spacial score (nSPS) is 10.3. The Labute approximate surface area is 111 Å². The molecular formula is C15H15FO3. The Hall–Kier alpha value is -2.23. The van der Waals surface area contributed by atoms with E-state index in [4.69, 9.17) is 9.47 Å². The van der Waals surface area contributed by atoms with Crippen LogP contribution in [-0.4, -0.2) is 19.3 Å². The van der Waals surface area contributed by atoms with E-state index in [-0.39, 0.29) is 11.3 Å². The maximum absolute atomic E-state index is 14.0. The number of hydrogen-bond donors (Lipinski definition) is 1. The monoisotopic (exact) mass is 262 g/mol. The third-order valence-electron chi connectivity index (χ3n) is 2.89. The number of phenols is 1. The number of methoxy groups -OCH3 is 2. The molecule has 0 aliphatic rings. The molecule has 0 aliphatic carbocycles. The van der Waals surface area contributed by atoms with Gasteiger partial charge in [0.15, 0.2) is 0 Å². The van der Waals surface area contributed by atoms with Gasteiger partial charge in [0.25, 0.3) is 0 Å². The first-order valence-electron chi connectivity index (χ1n) is 5.78. The van der Waals surface area contributed by atoms with Crippen molar-refractivity contribution >= 4 is 0 Å². The molecule has 0 aromatic heterocycles. The number of ether oxygens (including phenoxy) is 2. The molecule has 0 fully saturated rings. The molecule has 0 unspecified atom stereocenters. The standard InChI is InChI=1S/C15H15FO3/c1-9-6-12(16)15(13(17)7-9)11-5-4-10(18-2)8-14(11)19-3/h4-8,17H,1-3H3. The van der Waals surface area contributed by atoms with Crippen LogP contribution >= 0.6 is 0 Å². The minimum atomic E-state index is -0.485. The van der Waals surface area contributed by atoms with E-state index < -0.39 is 5.82 Å². The van der Waals surface area contributed by atoms with Crippen molar-refractivity contribution in [3.8, 4) is 28.4 Å². The van der Waals surface area contributed by atoms with Crippen molar-refractivity contribution in [3.05, 3.63) is 41.7 Å². The van der Waals surface area contributed by atoms with E-state index in [0.29, 0.717) is 22.6 Å². The number of aromatic hydroxyl groups is 1. The van der Waals surface area contributed by atoms with Crippen molar-refractivity contribution in [1.29, 1.82) is 0 Å². The van der Waals surface area contributed by atoms with E-state index in [1.807, 2.05) is 0 Å². The fraction of sp³-hybridized carbons (Fsp3) is 0.200. The fourth-order valence-electron chi connectivity index (χ4n) is 2.00. The van der Waals surface area contributed by atoms with Gasteiger partial charge in [-0.3, -0.25) is 0 Å². The molecule has 19 heavy (non-hydrogen) atoms. The highest BCUT2D eigenvalue weighted by Gasteiger charge is 2.16. The minimum Gasteiger partial charge on any atom is -0.507 e. The molecule has 0 atom stereocenters. The summed E-state index contributed by atoms with van der Waals surface area (Å²) < 4.78 is 24.4. The molecule has 0 radical (unpaired) electrons. The lowest BCUT2D eigenvalue weighted by atomic mass is 10.0. The second kappa shape index (κ2) is 5.18. The molecule has 0 saturated heterocycles. The van der Waals surface area contributed by atoms with Crippen LogP contribution in [0.15, 0.2) is 30.3 Å². The molecule has 0 spiro atoms. The van der Waals surface area contributed by atoms with Gasteiger partial charge in [0.05, 0.1) is 19.8 Å². The summed E-state index contributed by atoms with van der Waals surface area (Å²) in [5.74, 6) is 0.451. The molecule has 3 nitrogen and oxygen atoms in total. The van der Waals surface area contributed by atoms with E-state index in [1.165, 1.54) is 19.2 Å². The summed E-state index contributed by atoms with van der Waals surface area (Å²) in [7, 11) is 3.03. The predicted octanol–water partition coefficient (Wildman–Crippen LogP) is 3.52. The van der Waals surface area contributed by atoms with Crippen LogP contribution in [0, 0.1) is 12.7 Å². The van der Waals surface area contributed by atoms with E-state index >= 15 is 0 Å². The zero-order chi connectivity index (χ0) is 14.0. The Morgan fingerprint density at radius 3 is 2.37 bits per heavy atom. The fourth-order valence-corrected chi connectivity index (χ4v) is 2.00. The molecule has 2 aromatic rings. The Morgan fingerprint density at radius 1 is 1.05 bits per heavy atom. The first kappa shape index (κ1) is 13.2. The van der Waals surface area contributed by atoms with Gasteiger partial charge < -0.3 is 14.6 Å². The molecule has 100 valence electrons. The lowest BCUT2D eigenvalue weighted by Crippen LogP contribution is -1.93. The molecule has 2 aromatic carbocycles. The van der Waals surface area contributed by atoms with Crippen LogP contribution in [-0.2, 0) is 0 Å². The smallest absolute Gasteiger partial charge is 0.135 e. The van der Waals surface area contributed by atoms with Crippen LogP contribution in [0.4, 0.5) is 4.39 Å². The topological polar surface area (TPSA) is 38.7 Å². The summed E-state index contributed by atoms with van der Waals surface area (Å²) in [5, 5.41) is 9.95. The number of aryl methyl sites for hydroxylation is 1. The minimum absolute atomic E-state index is 0.110. The number of phenolic OH excluding ortho intramolecular Hbond substituents is 1. The summed E-state index contributed by atoms with van der Waals surface area (Å²) in [6.45, 7) is 1.72. The highest BCUT2D eigenvalue weighted by Crippen LogP contribution is 2.39. The van der Waals surface area contributed by atoms with Crippen LogP contribution in [0.2, 0.25) is 0 Å². The van der Waals surface area contributed by atoms with E-state index in [2.05, 4.69) is 0 Å². The molecule has 0 bridgehead atoms. The van der Waals surface area contributed by atoms with E-state index in [0.717, 1.165) is 0 Å². The Bertz CT molecular complexity index is 585. The summed E-state index contributed by atoms with van der Waals surface area (Å²) in [4.78, 5) is 0. The van der Waals surface area contributed by atoms with Gasteiger partial charge in [0, 0.05) is 11.6 Å². The van der Waals surface area contributed by atoms with E-state index in [9.17, 15) is 9.50 Å². The largest absolute Gasteiger partial charge is 0.507 e. The van der Waals surface area contributed by atoms with Gasteiger partial charge in [0.2, 0.25) is 0 Å². The molecule has 0 saturated carbocycles. The van der Waals surface area contributed by atoms with Gasteiger partial charge in [-0.25, -0.2) is 4.39 Å². The molecular weight excluding hydrogens is 247 g/mol. The van der Waals surface area contributed by atoms with Gasteiger partial charge in [0.1, 0.15) is 23.1 Å². The molecule has 0 heterocycles. The number of hydrogen-bond acceptors (Lipinski definition) is 3. The molecule has 0 aliphatic heterocycles. The van der Waals surface area contributed by atoms with Crippen LogP contribution in [0.3, 0.4) is 0 Å². The van der Waals surface area contributed by atoms with Gasteiger partial charge in [-0.1, -0.05) is 0 Å². The highest BCUT2D eigenvalue weighted by molar-refractivity contribution is 5.77. The summed E-state index contributed by atoms with van der Waals surface area (Å²) in [6, 6.07) is 7.89. The van der Waals surface area contributed by atoms with Crippen molar-refractivity contribution in [1.82, 2.24) is 0 Å². The lowest BCUT2D eigenvalue weighted by Gasteiger charge is -2.13. The van der Waals surface area contributed by atoms with Crippen molar-refractivity contribution < 1.29 is 19.0 Å². The van der Waals surface area contributed by atoms with Crippen LogP contribution < -0.4 is 9.47 Å². The zero-order valence-electron chi connectivity index (χ0n) is 11.0. The lowest BCUT2D eigenvalue weighted by molar-refractivity contribution is 0.395. The zero-order valence-corrected chi connectivity index (χ0v) is 11.0.